The van der Waals surface area contributed by atoms with Crippen molar-refractivity contribution in [3.63, 3.8) is 0 Å². The van der Waals surface area contributed by atoms with Crippen LogP contribution in [0.5, 0.6) is 0 Å². The average molecular weight is 434 g/mol. The van der Waals surface area contributed by atoms with Gasteiger partial charge in [-0.2, -0.15) is 10.1 Å². The van der Waals surface area contributed by atoms with E-state index in [1.54, 1.807) is 24.5 Å². The number of nitrogens with zero attached hydrogens (tertiary/aromatic N) is 7. The highest BCUT2D eigenvalue weighted by atomic mass is 16.6. The van der Waals surface area contributed by atoms with Crippen molar-refractivity contribution in [2.45, 2.75) is 19.9 Å². The van der Waals surface area contributed by atoms with Gasteiger partial charge in [0, 0.05) is 29.6 Å². The van der Waals surface area contributed by atoms with Crippen LogP contribution in [0.25, 0.3) is 17.1 Å². The van der Waals surface area contributed by atoms with Crippen molar-refractivity contribution in [1.29, 1.82) is 0 Å². The van der Waals surface area contributed by atoms with Gasteiger partial charge >= 0.3 is 0 Å². The Morgan fingerprint density at radius 2 is 1.97 bits per heavy atom. The highest BCUT2D eigenvalue weighted by Crippen LogP contribution is 2.26. The molecule has 0 aliphatic carbocycles. The Bertz CT molecular complexity index is 1240. The van der Waals surface area contributed by atoms with E-state index in [4.69, 9.17) is 4.52 Å². The zero-order valence-electron chi connectivity index (χ0n) is 17.1. The van der Waals surface area contributed by atoms with Gasteiger partial charge in [-0.25, -0.2) is 9.67 Å². The van der Waals surface area contributed by atoms with E-state index >= 15 is 0 Å². The summed E-state index contributed by atoms with van der Waals surface area (Å²) in [6, 6.07) is 7.01. The Kier molecular flexibility index (Phi) is 5.66. The van der Waals surface area contributed by atoms with Gasteiger partial charge < -0.3 is 9.84 Å². The summed E-state index contributed by atoms with van der Waals surface area (Å²) in [4.78, 5) is 36.0. The van der Waals surface area contributed by atoms with Crippen molar-refractivity contribution >= 4 is 11.6 Å². The van der Waals surface area contributed by atoms with Crippen molar-refractivity contribution in [3.8, 4) is 17.1 Å². The lowest BCUT2D eigenvalue weighted by Gasteiger charge is -2.18. The number of hydrogen-bond donors (Lipinski definition) is 1. The number of hydrogen-bond acceptors (Lipinski definition) is 9. The first-order valence-electron chi connectivity index (χ1n) is 9.62. The summed E-state index contributed by atoms with van der Waals surface area (Å²) in [5.74, 6) is -0.00119. The summed E-state index contributed by atoms with van der Waals surface area (Å²) >= 11 is 0. The number of aromatic nitrogens is 6. The highest BCUT2D eigenvalue weighted by Gasteiger charge is 2.27. The van der Waals surface area contributed by atoms with Gasteiger partial charge in [-0.3, -0.25) is 19.9 Å². The lowest BCUT2D eigenvalue weighted by Crippen LogP contribution is -2.32. The van der Waals surface area contributed by atoms with Crippen LogP contribution >= 0.6 is 0 Å². The van der Waals surface area contributed by atoms with Crippen LogP contribution in [-0.2, 0) is 0 Å². The lowest BCUT2D eigenvalue weighted by molar-refractivity contribution is -0.384. The van der Waals surface area contributed by atoms with Crippen molar-refractivity contribution in [3.05, 3.63) is 76.9 Å². The van der Waals surface area contributed by atoms with Crippen LogP contribution in [0.4, 0.5) is 5.69 Å². The first-order valence-corrected chi connectivity index (χ1v) is 9.62. The minimum Gasteiger partial charge on any atom is -0.340 e. The third kappa shape index (κ3) is 4.19. The van der Waals surface area contributed by atoms with Crippen LogP contribution in [0, 0.1) is 16.0 Å². The maximum atomic E-state index is 12.9. The summed E-state index contributed by atoms with van der Waals surface area (Å²) in [6.07, 6.45) is 5.83. The highest BCUT2D eigenvalue weighted by molar-refractivity contribution is 5.95. The first-order chi connectivity index (χ1) is 15.4. The Morgan fingerprint density at radius 1 is 1.19 bits per heavy atom. The minimum absolute atomic E-state index is 0.0888. The quantitative estimate of drug-likeness (QED) is 0.341. The van der Waals surface area contributed by atoms with Crippen molar-refractivity contribution in [2.75, 3.05) is 0 Å². The number of nitro benzene ring substituents is 1. The normalized spacial score (nSPS) is 12.0. The molecule has 1 unspecified atom stereocenters. The summed E-state index contributed by atoms with van der Waals surface area (Å²) in [5, 5.41) is 22.3. The summed E-state index contributed by atoms with van der Waals surface area (Å²) < 4.78 is 6.65. The molecule has 4 rings (SSSR count). The first kappa shape index (κ1) is 20.8. The molecule has 0 saturated heterocycles. The molecule has 1 amide bonds. The summed E-state index contributed by atoms with van der Waals surface area (Å²) in [7, 11) is 0. The molecular formula is C20H18N8O4. The molecule has 0 aliphatic heterocycles. The average Bonchev–Trinajstić information content (AvgIpc) is 3.50. The molecule has 1 atom stereocenters. The smallest absolute Gasteiger partial charge is 0.295 e. The lowest BCUT2D eigenvalue weighted by atomic mass is 10.0. The Balaban J connectivity index is 1.59. The fraction of sp³-hybridized carbons (Fsp3) is 0.200. The minimum atomic E-state index is -0.598. The van der Waals surface area contributed by atoms with E-state index in [9.17, 15) is 14.9 Å². The van der Waals surface area contributed by atoms with E-state index in [1.165, 1.54) is 35.5 Å². The molecule has 32 heavy (non-hydrogen) atoms. The predicted octanol–water partition coefficient (Wildman–Crippen LogP) is 2.75. The Hall–Kier alpha value is -4.48. The molecule has 0 saturated carbocycles. The predicted molar refractivity (Wildman–Crippen MR) is 111 cm³/mol. The van der Waals surface area contributed by atoms with Gasteiger partial charge in [-0.1, -0.05) is 19.0 Å². The molecule has 162 valence electrons. The second-order valence-electron chi connectivity index (χ2n) is 7.19. The Labute approximate surface area is 181 Å². The molecule has 0 fully saturated rings. The molecule has 1 aromatic carbocycles. The molecule has 12 heteroatoms. The van der Waals surface area contributed by atoms with E-state index in [0.29, 0.717) is 5.82 Å². The van der Waals surface area contributed by atoms with Gasteiger partial charge in [-0.05, 0) is 30.2 Å². The van der Waals surface area contributed by atoms with Crippen LogP contribution in [0.15, 0.2) is 59.9 Å². The van der Waals surface area contributed by atoms with Crippen LogP contribution in [0.1, 0.15) is 36.1 Å². The molecule has 12 nitrogen and oxygen atoms in total. The number of pyridine rings is 1. The van der Waals surface area contributed by atoms with Gasteiger partial charge in [0.15, 0.2) is 0 Å². The molecule has 0 aliphatic rings. The molecule has 0 spiro atoms. The maximum Gasteiger partial charge on any atom is 0.295 e. The van der Waals surface area contributed by atoms with Crippen LogP contribution in [0.2, 0.25) is 0 Å². The van der Waals surface area contributed by atoms with Gasteiger partial charge in [-0.15, -0.1) is 0 Å². The SMILES string of the molecule is CC(C)C(NC(=O)c1ccc(-n2cncn2)c([N+](=O)[O-])c1)c1nc(-c2ccncc2)no1. The second kappa shape index (κ2) is 8.71. The fourth-order valence-electron chi connectivity index (χ4n) is 3.06. The van der Waals surface area contributed by atoms with E-state index in [0.717, 1.165) is 5.56 Å². The largest absolute Gasteiger partial charge is 0.340 e. The molecule has 4 aromatic rings. The van der Waals surface area contributed by atoms with E-state index < -0.39 is 16.9 Å². The molecule has 3 aromatic heterocycles. The number of nitrogens with one attached hydrogen (secondary N) is 1. The van der Waals surface area contributed by atoms with E-state index in [-0.39, 0.29) is 28.7 Å². The molecule has 3 heterocycles. The third-order valence-corrected chi connectivity index (χ3v) is 4.70. The summed E-state index contributed by atoms with van der Waals surface area (Å²) in [6.45, 7) is 3.77. The van der Waals surface area contributed by atoms with Crippen molar-refractivity contribution < 1.29 is 14.2 Å². The van der Waals surface area contributed by atoms with Crippen LogP contribution in [0.3, 0.4) is 0 Å². The van der Waals surface area contributed by atoms with Gasteiger partial charge in [0.2, 0.25) is 11.7 Å². The zero-order valence-corrected chi connectivity index (χ0v) is 17.1. The number of carbonyl (C=O) groups is 1. The molecule has 1 N–H and O–H groups in total. The molecule has 0 radical (unpaired) electrons. The monoisotopic (exact) mass is 434 g/mol. The van der Waals surface area contributed by atoms with Crippen LogP contribution in [-0.4, -0.2) is 40.7 Å². The Morgan fingerprint density at radius 3 is 2.62 bits per heavy atom. The topological polar surface area (TPSA) is 155 Å². The number of rotatable bonds is 7. The number of carbonyl (C=O) groups excluding carboxylic acids is 1. The van der Waals surface area contributed by atoms with Crippen LogP contribution < -0.4 is 5.32 Å². The number of amides is 1. The van der Waals surface area contributed by atoms with Gasteiger partial charge in [0.05, 0.1) is 4.92 Å². The maximum absolute atomic E-state index is 12.9. The van der Waals surface area contributed by atoms with E-state index in [1.807, 2.05) is 13.8 Å². The standard InChI is InChI=1S/C20H18N8O4/c1-12(2)17(20-25-18(26-32-20)13-5-7-21-8-6-13)24-19(29)14-3-4-15(16(9-14)28(30)31)27-11-22-10-23-27/h3-12,17H,1-2H3,(H,24,29). The zero-order chi connectivity index (χ0) is 22.7. The number of nitro groups is 1. The van der Waals surface area contributed by atoms with Crippen molar-refractivity contribution in [1.82, 2.24) is 35.2 Å². The van der Waals surface area contributed by atoms with Gasteiger partial charge in [0.25, 0.3) is 11.6 Å². The molecular weight excluding hydrogens is 416 g/mol. The fourth-order valence-corrected chi connectivity index (χ4v) is 3.06. The van der Waals surface area contributed by atoms with Gasteiger partial charge in [0.1, 0.15) is 24.4 Å². The summed E-state index contributed by atoms with van der Waals surface area (Å²) in [5.41, 5.74) is 0.758. The molecule has 0 bridgehead atoms. The number of benzene rings is 1. The van der Waals surface area contributed by atoms with E-state index in [2.05, 4.69) is 30.5 Å². The third-order valence-electron chi connectivity index (χ3n) is 4.70. The van der Waals surface area contributed by atoms with Crippen molar-refractivity contribution in [2.24, 2.45) is 5.92 Å². The second-order valence-corrected chi connectivity index (χ2v) is 7.19.